The number of carbonyl (C=O) groups is 1. The fraction of sp³-hybridized carbons (Fsp3) is 0.550. The van der Waals surface area contributed by atoms with E-state index in [1.807, 2.05) is 28.5 Å². The molecule has 0 saturated carbocycles. The average Bonchev–Trinajstić information content (AvgIpc) is 3.00. The molecule has 138 valence electrons. The Bertz CT molecular complexity index is 885. The summed E-state index contributed by atoms with van der Waals surface area (Å²) in [4.78, 5) is 32.8. The summed E-state index contributed by atoms with van der Waals surface area (Å²) < 4.78 is 1.91. The number of rotatable bonds is 4. The van der Waals surface area contributed by atoms with Crippen LogP contribution in [-0.2, 0) is 13.0 Å². The van der Waals surface area contributed by atoms with E-state index in [-0.39, 0.29) is 17.4 Å². The summed E-state index contributed by atoms with van der Waals surface area (Å²) in [7, 11) is 0. The Balaban J connectivity index is 1.59. The predicted octanol–water partition coefficient (Wildman–Crippen LogP) is 3.22. The Hall–Kier alpha value is -1.95. The van der Waals surface area contributed by atoms with Crippen molar-refractivity contribution in [2.45, 2.75) is 52.0 Å². The summed E-state index contributed by atoms with van der Waals surface area (Å²) in [5, 5.41) is 0.966. The van der Waals surface area contributed by atoms with E-state index in [1.165, 1.54) is 11.3 Å². The minimum absolute atomic E-state index is 0.0805. The van der Waals surface area contributed by atoms with Crippen LogP contribution in [0, 0.1) is 12.8 Å². The maximum Gasteiger partial charge on any atom is 0.265 e. The molecule has 1 amide bonds. The maximum absolute atomic E-state index is 13.2. The van der Waals surface area contributed by atoms with E-state index in [0.29, 0.717) is 12.5 Å². The predicted molar refractivity (Wildman–Crippen MR) is 103 cm³/mol. The molecule has 2 aromatic rings. The molecule has 0 aromatic carbocycles. The van der Waals surface area contributed by atoms with Gasteiger partial charge in [-0.15, -0.1) is 11.3 Å². The number of thiazole rings is 1. The van der Waals surface area contributed by atoms with E-state index >= 15 is 0 Å². The number of pyridine rings is 1. The summed E-state index contributed by atoms with van der Waals surface area (Å²) in [6, 6.07) is 5.51. The van der Waals surface area contributed by atoms with E-state index < -0.39 is 0 Å². The zero-order valence-corrected chi connectivity index (χ0v) is 16.2. The first-order valence-electron chi connectivity index (χ1n) is 9.52. The van der Waals surface area contributed by atoms with Crippen molar-refractivity contribution in [3.8, 4) is 0 Å². The Kier molecular flexibility index (Phi) is 4.69. The normalized spacial score (nSPS) is 21.5. The van der Waals surface area contributed by atoms with Crippen molar-refractivity contribution in [3.63, 3.8) is 0 Å². The first-order valence-corrected chi connectivity index (χ1v) is 10.3. The van der Waals surface area contributed by atoms with Crippen molar-refractivity contribution >= 4 is 17.2 Å². The number of hydrogen-bond acceptors (Lipinski definition) is 4. The third kappa shape index (κ3) is 3.11. The largest absolute Gasteiger partial charge is 0.337 e. The molecule has 4 rings (SSSR count). The number of hydrogen-bond donors (Lipinski definition) is 0. The highest BCUT2D eigenvalue weighted by Gasteiger charge is 2.37. The van der Waals surface area contributed by atoms with Gasteiger partial charge in [-0.25, -0.2) is 4.98 Å². The van der Waals surface area contributed by atoms with Gasteiger partial charge in [0.25, 0.3) is 11.5 Å². The van der Waals surface area contributed by atoms with Gasteiger partial charge in [0.15, 0.2) is 0 Å². The maximum atomic E-state index is 13.2. The number of piperidine rings is 1. The number of aryl methyl sites for hydroxylation is 2. The second kappa shape index (κ2) is 6.99. The monoisotopic (exact) mass is 371 g/mol. The fourth-order valence-electron chi connectivity index (χ4n) is 4.36. The van der Waals surface area contributed by atoms with Crippen molar-refractivity contribution in [1.29, 1.82) is 0 Å². The van der Waals surface area contributed by atoms with Crippen LogP contribution < -0.4 is 5.56 Å². The lowest BCUT2D eigenvalue weighted by molar-refractivity contribution is 0.0598. The van der Waals surface area contributed by atoms with Gasteiger partial charge in [0.2, 0.25) is 0 Å². The van der Waals surface area contributed by atoms with Crippen LogP contribution in [0.15, 0.2) is 23.0 Å². The number of unbranched alkanes of at least 4 members (excludes halogenated alkanes) is 1. The standard InChI is InChI=1S/C20H25N3O2S/c1-3-4-6-16-19(26-13(2)21-16)20(25)22-10-14-9-15(12-22)17-7-5-8-18(24)23(17)11-14/h5,7-8,14-15H,3-4,6,9-12H2,1-2H3/t14-,15+/m0/s1. The second-order valence-corrected chi connectivity index (χ2v) is 8.72. The molecule has 2 bridgehead atoms. The summed E-state index contributed by atoms with van der Waals surface area (Å²) in [6.07, 6.45) is 4.10. The van der Waals surface area contributed by atoms with Crippen LogP contribution in [0.4, 0.5) is 0 Å². The van der Waals surface area contributed by atoms with Crippen LogP contribution in [0.5, 0.6) is 0 Å². The molecule has 5 nitrogen and oxygen atoms in total. The highest BCUT2D eigenvalue weighted by atomic mass is 32.1. The lowest BCUT2D eigenvalue weighted by Crippen LogP contribution is -2.49. The smallest absolute Gasteiger partial charge is 0.265 e. The molecule has 4 heterocycles. The molecule has 2 atom stereocenters. The molecule has 2 aliphatic rings. The zero-order valence-electron chi connectivity index (χ0n) is 15.4. The highest BCUT2D eigenvalue weighted by molar-refractivity contribution is 7.13. The van der Waals surface area contributed by atoms with Gasteiger partial charge in [0.05, 0.1) is 10.7 Å². The van der Waals surface area contributed by atoms with Crippen LogP contribution in [0.3, 0.4) is 0 Å². The topological polar surface area (TPSA) is 55.2 Å². The number of likely N-dealkylation sites (tertiary alicyclic amines) is 1. The van der Waals surface area contributed by atoms with Gasteiger partial charge >= 0.3 is 0 Å². The Morgan fingerprint density at radius 1 is 1.31 bits per heavy atom. The molecular weight excluding hydrogens is 346 g/mol. The van der Waals surface area contributed by atoms with Gasteiger partial charge < -0.3 is 9.47 Å². The second-order valence-electron chi connectivity index (χ2n) is 7.52. The molecule has 1 saturated heterocycles. The van der Waals surface area contributed by atoms with Crippen molar-refractivity contribution in [2.24, 2.45) is 5.92 Å². The number of carbonyl (C=O) groups excluding carboxylic acids is 1. The quantitative estimate of drug-likeness (QED) is 0.829. The van der Waals surface area contributed by atoms with Gasteiger partial charge in [0.1, 0.15) is 4.88 Å². The van der Waals surface area contributed by atoms with Gasteiger partial charge in [-0.05, 0) is 38.2 Å². The number of aromatic nitrogens is 2. The third-order valence-electron chi connectivity index (χ3n) is 5.53. The molecular formula is C20H25N3O2S. The van der Waals surface area contributed by atoms with Gasteiger partial charge in [-0.2, -0.15) is 0 Å². The number of amides is 1. The molecule has 0 aliphatic carbocycles. The van der Waals surface area contributed by atoms with E-state index in [9.17, 15) is 9.59 Å². The molecule has 1 fully saturated rings. The van der Waals surface area contributed by atoms with Crippen LogP contribution in [-0.4, -0.2) is 33.4 Å². The average molecular weight is 372 g/mol. The summed E-state index contributed by atoms with van der Waals surface area (Å²) in [5.74, 6) is 0.745. The summed E-state index contributed by atoms with van der Waals surface area (Å²) >= 11 is 1.53. The van der Waals surface area contributed by atoms with Gasteiger partial charge in [0, 0.05) is 37.3 Å². The van der Waals surface area contributed by atoms with Crippen LogP contribution in [0.2, 0.25) is 0 Å². The fourth-order valence-corrected chi connectivity index (χ4v) is 5.29. The molecule has 2 aliphatic heterocycles. The van der Waals surface area contributed by atoms with E-state index in [1.54, 1.807) is 6.07 Å². The SMILES string of the molecule is CCCCc1nc(C)sc1C(=O)N1C[C@@H]2C[C@H](C1)c1cccc(=O)n1C2. The lowest BCUT2D eigenvalue weighted by atomic mass is 9.83. The van der Waals surface area contributed by atoms with E-state index in [2.05, 4.69) is 11.9 Å². The molecule has 6 heteroatoms. The third-order valence-corrected chi connectivity index (χ3v) is 6.53. The Morgan fingerprint density at radius 2 is 2.15 bits per heavy atom. The number of nitrogens with zero attached hydrogens (tertiary/aromatic N) is 3. The van der Waals surface area contributed by atoms with Crippen molar-refractivity contribution in [1.82, 2.24) is 14.5 Å². The zero-order chi connectivity index (χ0) is 18.3. The van der Waals surface area contributed by atoms with Gasteiger partial charge in [-0.1, -0.05) is 19.4 Å². The first kappa shape index (κ1) is 17.5. The number of fused-ring (bicyclic) bond motifs is 4. The minimum Gasteiger partial charge on any atom is -0.337 e. The van der Waals surface area contributed by atoms with Crippen molar-refractivity contribution in [2.75, 3.05) is 13.1 Å². The van der Waals surface area contributed by atoms with Crippen molar-refractivity contribution < 1.29 is 4.79 Å². The summed E-state index contributed by atoms with van der Waals surface area (Å²) in [6.45, 7) is 6.29. The van der Waals surface area contributed by atoms with Crippen LogP contribution in [0.25, 0.3) is 0 Å². The summed E-state index contributed by atoms with van der Waals surface area (Å²) in [5.41, 5.74) is 2.13. The van der Waals surface area contributed by atoms with Crippen LogP contribution >= 0.6 is 11.3 Å². The Labute approximate surface area is 157 Å². The molecule has 2 aromatic heterocycles. The Morgan fingerprint density at radius 3 is 2.96 bits per heavy atom. The minimum atomic E-state index is 0.0805. The van der Waals surface area contributed by atoms with Crippen molar-refractivity contribution in [3.05, 3.63) is 49.8 Å². The molecule has 0 spiro atoms. The van der Waals surface area contributed by atoms with E-state index in [0.717, 1.165) is 60.0 Å². The first-order chi connectivity index (χ1) is 12.6. The molecule has 26 heavy (non-hydrogen) atoms. The highest BCUT2D eigenvalue weighted by Crippen LogP contribution is 2.36. The van der Waals surface area contributed by atoms with Gasteiger partial charge in [-0.3, -0.25) is 9.59 Å². The van der Waals surface area contributed by atoms with Crippen LogP contribution in [0.1, 0.15) is 58.2 Å². The van der Waals surface area contributed by atoms with E-state index in [4.69, 9.17) is 0 Å². The molecule has 0 N–H and O–H groups in total. The lowest BCUT2D eigenvalue weighted by Gasteiger charge is -2.42. The molecule has 0 unspecified atom stereocenters. The molecule has 0 radical (unpaired) electrons.